The van der Waals surface area contributed by atoms with Crippen LogP contribution < -0.4 is 10.1 Å². The van der Waals surface area contributed by atoms with Gasteiger partial charge in [0.1, 0.15) is 0 Å². The molecule has 0 unspecified atom stereocenters. The number of anilines is 2. The number of carbonyl (C=O) groups excluding carboxylic acids is 1. The van der Waals surface area contributed by atoms with E-state index in [-0.39, 0.29) is 23.9 Å². The molecule has 11 heteroatoms. The number of halogens is 1. The van der Waals surface area contributed by atoms with Crippen LogP contribution in [0.25, 0.3) is 0 Å². The summed E-state index contributed by atoms with van der Waals surface area (Å²) in [6.45, 7) is 13.2. The molecule has 2 atom stereocenters. The Balaban J connectivity index is 1.57. The molecule has 1 saturated heterocycles. The van der Waals surface area contributed by atoms with Gasteiger partial charge in [-0.05, 0) is 34.2 Å². The minimum atomic E-state index is -0.621. The fraction of sp³-hybridized carbons (Fsp3) is 0.619. The van der Waals surface area contributed by atoms with Crippen LogP contribution in [-0.4, -0.2) is 79.7 Å². The summed E-state index contributed by atoms with van der Waals surface area (Å²) in [6, 6.07) is 0.466. The Morgan fingerprint density at radius 3 is 2.75 bits per heavy atom. The summed E-state index contributed by atoms with van der Waals surface area (Å²) in [5.41, 5.74) is 1.04. The number of amides is 2. The van der Waals surface area contributed by atoms with E-state index in [1.165, 1.54) is 7.11 Å². The number of aromatic nitrogens is 4. The highest BCUT2D eigenvalue weighted by Crippen LogP contribution is 2.42. The quantitative estimate of drug-likeness (QED) is 0.744. The van der Waals surface area contributed by atoms with Gasteiger partial charge in [-0.15, -0.1) is 0 Å². The third-order valence-electron chi connectivity index (χ3n) is 6.61. The first-order chi connectivity index (χ1) is 15.2. The summed E-state index contributed by atoms with van der Waals surface area (Å²) in [6.07, 6.45) is 1.04. The molecule has 2 aliphatic rings. The second-order valence-electron chi connectivity index (χ2n) is 8.97. The predicted octanol–water partition coefficient (Wildman–Crippen LogP) is 2.68. The number of methoxy groups -OCH3 is 1. The fourth-order valence-electron chi connectivity index (χ4n) is 4.64. The number of hydrogen-bond acceptors (Lipinski definition) is 7. The van der Waals surface area contributed by atoms with E-state index in [0.717, 1.165) is 30.5 Å². The van der Waals surface area contributed by atoms with E-state index in [1.807, 2.05) is 23.6 Å². The fourth-order valence-corrected chi connectivity index (χ4v) is 4.64. The van der Waals surface area contributed by atoms with Crippen molar-refractivity contribution in [2.75, 3.05) is 32.1 Å². The Morgan fingerprint density at radius 1 is 1.31 bits per heavy atom. The van der Waals surface area contributed by atoms with Gasteiger partial charge in [-0.2, -0.15) is 10.1 Å². The average Bonchev–Trinajstić information content (AvgIpc) is 3.28. The van der Waals surface area contributed by atoms with Crippen molar-refractivity contribution in [1.29, 1.82) is 0 Å². The van der Waals surface area contributed by atoms with E-state index < -0.39 is 11.4 Å². The maximum atomic E-state index is 14.2. The molecular weight excluding hydrogens is 415 g/mol. The molecule has 4 rings (SSSR count). The highest BCUT2D eigenvalue weighted by Gasteiger charge is 2.46. The molecule has 0 saturated carbocycles. The molecule has 0 bridgehead atoms. The van der Waals surface area contributed by atoms with Crippen molar-refractivity contribution < 1.29 is 13.9 Å². The summed E-state index contributed by atoms with van der Waals surface area (Å²) in [5, 5.41) is 10.3. The Morgan fingerprint density at radius 2 is 2.06 bits per heavy atom. The maximum absolute atomic E-state index is 14.2. The van der Waals surface area contributed by atoms with Gasteiger partial charge < -0.3 is 19.9 Å². The van der Waals surface area contributed by atoms with Gasteiger partial charge >= 0.3 is 12.0 Å². The molecule has 174 valence electrons. The number of ether oxygens (including phenoxy) is 1. The summed E-state index contributed by atoms with van der Waals surface area (Å²) in [4.78, 5) is 27.6. The van der Waals surface area contributed by atoms with Crippen molar-refractivity contribution >= 4 is 17.7 Å². The zero-order valence-electron chi connectivity index (χ0n) is 19.4. The summed E-state index contributed by atoms with van der Waals surface area (Å²) in [5.74, 6) is -0.225. The molecule has 0 radical (unpaired) electrons. The number of carbonyl (C=O) groups is 1. The maximum Gasteiger partial charge on any atom is 0.321 e. The summed E-state index contributed by atoms with van der Waals surface area (Å²) < 4.78 is 19.2. The average molecular weight is 447 g/mol. The van der Waals surface area contributed by atoms with Gasteiger partial charge in [0.15, 0.2) is 17.5 Å². The van der Waals surface area contributed by atoms with Crippen molar-refractivity contribution in [3.63, 3.8) is 0 Å². The first kappa shape index (κ1) is 22.3. The zero-order chi connectivity index (χ0) is 23.2. The van der Waals surface area contributed by atoms with Gasteiger partial charge in [0.2, 0.25) is 0 Å². The van der Waals surface area contributed by atoms with Crippen LogP contribution in [0, 0.1) is 5.82 Å². The largest absolute Gasteiger partial charge is 0.467 e. The molecule has 2 aromatic heterocycles. The molecule has 4 heterocycles. The minimum absolute atomic E-state index is 0.00413. The topological polar surface area (TPSA) is 103 Å². The highest BCUT2D eigenvalue weighted by atomic mass is 19.1. The van der Waals surface area contributed by atoms with Crippen molar-refractivity contribution in [2.24, 2.45) is 0 Å². The summed E-state index contributed by atoms with van der Waals surface area (Å²) >= 11 is 0. The Hall–Kier alpha value is -2.95. The molecule has 0 aromatic carbocycles. The number of nitrogens with one attached hydrogen (secondary N) is 2. The number of H-pyrrole nitrogens is 1. The molecule has 0 spiro atoms. The normalized spacial score (nSPS) is 22.7. The van der Waals surface area contributed by atoms with Gasteiger partial charge in [-0.25, -0.2) is 14.2 Å². The first-order valence-electron chi connectivity index (χ1n) is 10.9. The number of nitrogens with zero attached hydrogens (tertiary/aromatic N) is 6. The van der Waals surface area contributed by atoms with Crippen molar-refractivity contribution in [3.8, 4) is 6.01 Å². The molecule has 0 aliphatic carbocycles. The van der Waals surface area contributed by atoms with Crippen LogP contribution >= 0.6 is 0 Å². The number of aromatic amines is 1. The molecule has 2 amide bonds. The minimum Gasteiger partial charge on any atom is -0.467 e. The number of likely N-dealkylation sites (N-methyl/N-ethyl adjacent to an activating group) is 1. The highest BCUT2D eigenvalue weighted by molar-refractivity contribution is 5.78. The second-order valence-corrected chi connectivity index (χ2v) is 8.97. The molecule has 2 aliphatic heterocycles. The van der Waals surface area contributed by atoms with Crippen molar-refractivity contribution in [2.45, 2.75) is 58.8 Å². The molecule has 1 fully saturated rings. The second kappa shape index (κ2) is 8.19. The van der Waals surface area contributed by atoms with Crippen LogP contribution in [0.4, 0.5) is 20.8 Å². The summed E-state index contributed by atoms with van der Waals surface area (Å²) in [7, 11) is 1.41. The van der Waals surface area contributed by atoms with Gasteiger partial charge in [0, 0.05) is 30.7 Å². The number of urea groups is 1. The Bertz CT molecular complexity index is 1010. The zero-order valence-corrected chi connectivity index (χ0v) is 19.4. The van der Waals surface area contributed by atoms with Gasteiger partial charge in [0.05, 0.1) is 31.1 Å². The van der Waals surface area contributed by atoms with Crippen molar-refractivity contribution in [3.05, 3.63) is 23.3 Å². The van der Waals surface area contributed by atoms with E-state index in [1.54, 1.807) is 0 Å². The van der Waals surface area contributed by atoms with E-state index in [9.17, 15) is 9.18 Å². The number of piperazine rings is 1. The lowest BCUT2D eigenvalue weighted by Crippen LogP contribution is -2.61. The third-order valence-corrected chi connectivity index (χ3v) is 6.61. The van der Waals surface area contributed by atoms with Crippen molar-refractivity contribution in [1.82, 2.24) is 34.9 Å². The Kier molecular flexibility index (Phi) is 5.70. The number of rotatable bonds is 4. The van der Waals surface area contributed by atoms with Crippen LogP contribution in [0.5, 0.6) is 6.01 Å². The third kappa shape index (κ3) is 3.64. The molecule has 10 nitrogen and oxygen atoms in total. The van der Waals surface area contributed by atoms with Crippen LogP contribution in [0.15, 0.2) is 6.20 Å². The van der Waals surface area contributed by atoms with E-state index >= 15 is 0 Å². The SMILES string of the molecule is CCN1C[C@H](C)N(C(=O)N2Cc3c(Nc4nc(OC)ncc4F)n[nH]c3C2(C)C)C[C@H]1C. The lowest BCUT2D eigenvalue weighted by atomic mass is 10.0. The van der Waals surface area contributed by atoms with E-state index in [0.29, 0.717) is 24.9 Å². The Labute approximate surface area is 187 Å². The smallest absolute Gasteiger partial charge is 0.321 e. The van der Waals surface area contributed by atoms with Crippen LogP contribution in [0.3, 0.4) is 0 Å². The molecule has 2 aromatic rings. The first-order valence-corrected chi connectivity index (χ1v) is 10.9. The lowest BCUT2D eigenvalue weighted by Gasteiger charge is -2.46. The van der Waals surface area contributed by atoms with Crippen LogP contribution in [0.2, 0.25) is 0 Å². The predicted molar refractivity (Wildman–Crippen MR) is 117 cm³/mol. The van der Waals surface area contributed by atoms with Gasteiger partial charge in [-0.3, -0.25) is 10.00 Å². The van der Waals surface area contributed by atoms with Crippen LogP contribution in [-0.2, 0) is 12.1 Å². The van der Waals surface area contributed by atoms with Crippen LogP contribution in [0.1, 0.15) is 45.9 Å². The van der Waals surface area contributed by atoms with Gasteiger partial charge in [-0.1, -0.05) is 6.92 Å². The van der Waals surface area contributed by atoms with E-state index in [4.69, 9.17) is 4.74 Å². The lowest BCUT2D eigenvalue weighted by molar-refractivity contribution is 0.0373. The molecular formula is C21H31FN8O2. The molecule has 2 N–H and O–H groups in total. The van der Waals surface area contributed by atoms with Gasteiger partial charge in [0.25, 0.3) is 0 Å². The van der Waals surface area contributed by atoms with E-state index in [2.05, 4.69) is 51.2 Å². The monoisotopic (exact) mass is 446 g/mol. The number of hydrogen-bond donors (Lipinski definition) is 2. The number of fused-ring (bicyclic) bond motifs is 1. The molecule has 32 heavy (non-hydrogen) atoms. The standard InChI is InChI=1S/C21H31FN8O2/c1-7-28-9-13(3)29(10-12(28)2)20(31)30-11-14-16(21(30,4)5)26-27-17(14)24-18-15(22)8-23-19(25-18)32-6/h8,12-13H,7,9-11H2,1-6H3,(H2,23,24,25,26,27)/t12-,13+/m1/s1.